The molecule has 0 amide bonds. The SMILES string of the molecule is C.CCC.CCO.CCOCCOCO.O=C(c1ccccc1)c1ccc(OCOc2ccc(C(=O)c3ccccc3)c(O)c2)cc1O. The van der Waals surface area contributed by atoms with E-state index in [1.165, 1.54) is 30.7 Å². The van der Waals surface area contributed by atoms with E-state index in [4.69, 9.17) is 24.4 Å². The second kappa shape index (κ2) is 26.3. The van der Waals surface area contributed by atoms with Crippen LogP contribution in [-0.4, -0.2) is 72.0 Å². The highest BCUT2D eigenvalue weighted by atomic mass is 16.7. The van der Waals surface area contributed by atoms with Crippen LogP contribution in [-0.2, 0) is 9.47 Å². The maximum absolute atomic E-state index is 12.5. The zero-order valence-corrected chi connectivity index (χ0v) is 27.4. The number of carbonyl (C=O) groups excluding carboxylic acids is 2. The number of rotatable bonds is 13. The number of hydrogen-bond donors (Lipinski definition) is 4. The van der Waals surface area contributed by atoms with E-state index < -0.39 is 0 Å². The van der Waals surface area contributed by atoms with Crippen molar-refractivity contribution in [2.75, 3.05) is 40.0 Å². The Bertz CT molecular complexity index is 1320. The fourth-order valence-corrected chi connectivity index (χ4v) is 3.57. The Morgan fingerprint density at radius 1 is 0.604 bits per heavy atom. The number of benzene rings is 4. The van der Waals surface area contributed by atoms with Crippen molar-refractivity contribution in [3.63, 3.8) is 0 Å². The van der Waals surface area contributed by atoms with E-state index in [1.54, 1.807) is 67.6 Å². The summed E-state index contributed by atoms with van der Waals surface area (Å²) in [5, 5.41) is 36.1. The highest BCUT2D eigenvalue weighted by Crippen LogP contribution is 2.28. The number of ketones is 2. The van der Waals surface area contributed by atoms with Gasteiger partial charge in [-0.15, -0.1) is 0 Å². The summed E-state index contributed by atoms with van der Waals surface area (Å²) in [7, 11) is 0. The van der Waals surface area contributed by atoms with Crippen LogP contribution in [0.25, 0.3) is 0 Å². The molecule has 10 heteroatoms. The maximum Gasteiger partial charge on any atom is 0.230 e. The minimum absolute atomic E-state index is 0. The number of aliphatic hydroxyl groups excluding tert-OH is 2. The van der Waals surface area contributed by atoms with E-state index in [0.717, 1.165) is 0 Å². The predicted molar refractivity (Wildman–Crippen MR) is 187 cm³/mol. The Labute approximate surface area is 284 Å². The third-order valence-electron chi connectivity index (χ3n) is 5.62. The van der Waals surface area contributed by atoms with Crippen LogP contribution >= 0.6 is 0 Å². The highest BCUT2D eigenvalue weighted by molar-refractivity contribution is 6.11. The normalized spacial score (nSPS) is 9.54. The summed E-state index contributed by atoms with van der Waals surface area (Å²) in [4.78, 5) is 25.0. The van der Waals surface area contributed by atoms with Gasteiger partial charge in [-0.3, -0.25) is 9.59 Å². The smallest absolute Gasteiger partial charge is 0.230 e. The summed E-state index contributed by atoms with van der Waals surface area (Å²) in [5.41, 5.74) is 1.27. The average Bonchev–Trinajstić information content (AvgIpc) is 3.08. The lowest BCUT2D eigenvalue weighted by molar-refractivity contribution is -0.0276. The fraction of sp³-hybridized carbons (Fsp3) is 0.316. The molecule has 0 aromatic heterocycles. The standard InChI is InChI=1S/C27H20O6.C5H12O3.C3H8.C2H6O.CH4/c28-24-15-20(11-13-22(24)26(30)18-7-3-1-4-8-18)32-17-33-21-12-14-23(25(29)16-21)27(31)19-9-5-2-6-10-19;1-2-7-3-4-8-5-6;1-3-2;1-2-3;/h1-16,28-29H,17H2;6H,2-5H2,1H3;3H2,1-2H3;3H,2H2,1H3;1H4. The van der Waals surface area contributed by atoms with Crippen molar-refractivity contribution in [1.82, 2.24) is 0 Å². The molecule has 4 aromatic carbocycles. The molecular formula is C38H50O10. The number of phenols is 2. The number of aliphatic hydroxyl groups is 2. The van der Waals surface area contributed by atoms with Crippen molar-refractivity contribution in [1.29, 1.82) is 0 Å². The Balaban J connectivity index is 0.00000125. The molecule has 0 bridgehead atoms. The van der Waals surface area contributed by atoms with Crippen molar-refractivity contribution < 1.29 is 49.0 Å². The molecule has 0 aliphatic rings. The first-order valence-corrected chi connectivity index (χ1v) is 15.3. The van der Waals surface area contributed by atoms with Crippen LogP contribution in [0.5, 0.6) is 23.0 Å². The van der Waals surface area contributed by atoms with Gasteiger partial charge in [-0.2, -0.15) is 0 Å². The average molecular weight is 667 g/mol. The number of phenolic OH excluding ortho intramolecular Hbond substituents is 2. The minimum Gasteiger partial charge on any atom is -0.507 e. The van der Waals surface area contributed by atoms with Gasteiger partial charge in [-0.05, 0) is 38.1 Å². The van der Waals surface area contributed by atoms with Gasteiger partial charge in [0, 0.05) is 36.5 Å². The molecule has 0 saturated heterocycles. The fourth-order valence-electron chi connectivity index (χ4n) is 3.57. The van der Waals surface area contributed by atoms with E-state index in [9.17, 15) is 19.8 Å². The van der Waals surface area contributed by atoms with Crippen LogP contribution < -0.4 is 9.47 Å². The van der Waals surface area contributed by atoms with Crippen LogP contribution in [0.3, 0.4) is 0 Å². The van der Waals surface area contributed by atoms with Crippen molar-refractivity contribution >= 4 is 11.6 Å². The second-order valence-corrected chi connectivity index (χ2v) is 9.41. The monoisotopic (exact) mass is 666 g/mol. The molecule has 4 aromatic rings. The van der Waals surface area contributed by atoms with Gasteiger partial charge >= 0.3 is 0 Å². The molecule has 0 aliphatic carbocycles. The minimum atomic E-state index is -0.295. The topological polar surface area (TPSA) is 152 Å². The number of ether oxygens (including phenoxy) is 4. The molecule has 262 valence electrons. The molecule has 0 radical (unpaired) electrons. The molecule has 10 nitrogen and oxygen atoms in total. The molecule has 0 spiro atoms. The first-order chi connectivity index (χ1) is 22.8. The van der Waals surface area contributed by atoms with Crippen LogP contribution in [0.4, 0.5) is 0 Å². The van der Waals surface area contributed by atoms with E-state index in [2.05, 4.69) is 18.6 Å². The third kappa shape index (κ3) is 16.2. The Hall–Kier alpha value is -4.74. The molecule has 0 aliphatic heterocycles. The largest absolute Gasteiger partial charge is 0.507 e. The van der Waals surface area contributed by atoms with Gasteiger partial charge in [-0.1, -0.05) is 88.4 Å². The lowest BCUT2D eigenvalue weighted by Gasteiger charge is -2.11. The molecule has 0 atom stereocenters. The highest BCUT2D eigenvalue weighted by Gasteiger charge is 2.15. The predicted octanol–water partition coefficient (Wildman–Crippen LogP) is 7.02. The first kappa shape index (κ1) is 43.3. The molecular weight excluding hydrogens is 616 g/mol. The van der Waals surface area contributed by atoms with Gasteiger partial charge in [0.2, 0.25) is 6.79 Å². The zero-order chi connectivity index (χ0) is 34.9. The van der Waals surface area contributed by atoms with E-state index >= 15 is 0 Å². The number of aromatic hydroxyl groups is 2. The summed E-state index contributed by atoms with van der Waals surface area (Å²) in [6, 6.07) is 26.1. The molecule has 48 heavy (non-hydrogen) atoms. The van der Waals surface area contributed by atoms with Crippen LogP contribution in [0, 0.1) is 0 Å². The Morgan fingerprint density at radius 3 is 1.31 bits per heavy atom. The van der Waals surface area contributed by atoms with Gasteiger partial charge < -0.3 is 39.4 Å². The molecule has 4 rings (SSSR count). The molecule has 0 saturated carbocycles. The second-order valence-electron chi connectivity index (χ2n) is 9.41. The summed E-state index contributed by atoms with van der Waals surface area (Å²) in [5.74, 6) is -0.395. The van der Waals surface area contributed by atoms with E-state index in [0.29, 0.717) is 42.4 Å². The third-order valence-corrected chi connectivity index (χ3v) is 5.62. The maximum atomic E-state index is 12.5. The van der Waals surface area contributed by atoms with Gasteiger partial charge in [0.1, 0.15) is 29.8 Å². The van der Waals surface area contributed by atoms with Crippen LogP contribution in [0.2, 0.25) is 0 Å². The Kier molecular flexibility index (Phi) is 23.7. The van der Waals surface area contributed by atoms with Crippen molar-refractivity contribution in [2.45, 2.75) is 41.5 Å². The molecule has 0 fully saturated rings. The summed E-state index contributed by atoms with van der Waals surface area (Å²) < 4.78 is 20.4. The van der Waals surface area contributed by atoms with Gasteiger partial charge in [0.15, 0.2) is 11.6 Å². The van der Waals surface area contributed by atoms with Crippen molar-refractivity contribution in [3.8, 4) is 23.0 Å². The van der Waals surface area contributed by atoms with Gasteiger partial charge in [0.25, 0.3) is 0 Å². The molecule has 0 heterocycles. The lowest BCUT2D eigenvalue weighted by atomic mass is 10.0. The zero-order valence-electron chi connectivity index (χ0n) is 27.4. The quantitative estimate of drug-likeness (QED) is 0.0666. The van der Waals surface area contributed by atoms with Gasteiger partial charge in [-0.25, -0.2) is 0 Å². The van der Waals surface area contributed by atoms with Crippen molar-refractivity contribution in [3.05, 3.63) is 119 Å². The van der Waals surface area contributed by atoms with E-state index in [1.807, 2.05) is 19.1 Å². The number of carbonyl (C=O) groups is 2. The van der Waals surface area contributed by atoms with E-state index in [-0.39, 0.29) is 61.8 Å². The lowest BCUT2D eigenvalue weighted by Crippen LogP contribution is -2.07. The summed E-state index contributed by atoms with van der Waals surface area (Å²) in [6.07, 6.45) is 1.25. The van der Waals surface area contributed by atoms with Gasteiger partial charge in [0.05, 0.1) is 24.3 Å². The first-order valence-electron chi connectivity index (χ1n) is 15.3. The van der Waals surface area contributed by atoms with Crippen LogP contribution in [0.15, 0.2) is 97.1 Å². The summed E-state index contributed by atoms with van der Waals surface area (Å²) >= 11 is 0. The number of hydrogen-bond acceptors (Lipinski definition) is 10. The summed E-state index contributed by atoms with van der Waals surface area (Å²) in [6.45, 7) is 9.42. The van der Waals surface area contributed by atoms with Crippen molar-refractivity contribution in [2.24, 2.45) is 0 Å². The Morgan fingerprint density at radius 2 is 0.979 bits per heavy atom. The molecule has 0 unspecified atom stereocenters. The molecule has 4 N–H and O–H groups in total. The van der Waals surface area contributed by atoms with Crippen LogP contribution in [0.1, 0.15) is 73.4 Å².